The molecule has 3 aromatic heterocycles. The van der Waals surface area contributed by atoms with Crippen molar-refractivity contribution in [2.45, 2.75) is 40.4 Å². The standard InChI is InChI=1S/C22H21N2.C16H13F3N2.C16H16N2/c1-17-10-6-7-13-19(17)22-23(2)20-14-8-9-15-21(20)24(22)16-18-11-4-3-5-12-18;1-10-9-11(16(17,18)19)7-8-12(10)15-20-13-5-3-4-6-14(13)21(15)2;1-11-8-9-12(2)13(10-11)16-17-14-6-4-5-7-15(14)18(16)3/h3-15H,16H2,1-2H3;3-9H,1-2H3;4-10H,1-3H3/q+1;;/p+2. The number of aryl methyl sites for hydroxylation is 7. The fraction of sp³-hybridized carbons (Fsp3) is 0.167. The number of H-pyrrole nitrogens is 2. The van der Waals surface area contributed by atoms with Crippen LogP contribution in [0.5, 0.6) is 0 Å². The molecule has 0 unspecified atom stereocenters. The van der Waals surface area contributed by atoms with E-state index < -0.39 is 11.7 Å². The summed E-state index contributed by atoms with van der Waals surface area (Å²) in [5, 5.41) is 0. The smallest absolute Gasteiger partial charge is 0.236 e. The molecule has 0 saturated carbocycles. The number of alkyl halides is 3. The van der Waals surface area contributed by atoms with Gasteiger partial charge in [-0.1, -0.05) is 103 Å². The lowest BCUT2D eigenvalue weighted by atomic mass is 10.0. The molecule has 0 amide bonds. The lowest BCUT2D eigenvalue weighted by molar-refractivity contribution is -0.634. The highest BCUT2D eigenvalue weighted by Crippen LogP contribution is 2.33. The molecule has 316 valence electrons. The highest BCUT2D eigenvalue weighted by Gasteiger charge is 2.32. The third-order valence-electron chi connectivity index (χ3n) is 11.8. The monoisotopic (exact) mass is 841 g/mol. The minimum Gasteiger partial charge on any atom is -0.236 e. The second kappa shape index (κ2) is 17.6. The number of para-hydroxylation sites is 6. The van der Waals surface area contributed by atoms with E-state index in [0.29, 0.717) is 5.56 Å². The lowest BCUT2D eigenvalue weighted by Crippen LogP contribution is -2.30. The number of nitrogens with zero attached hydrogens (tertiary/aromatic N) is 4. The normalized spacial score (nSPS) is 11.4. The van der Waals surface area contributed by atoms with Gasteiger partial charge in [-0.2, -0.15) is 13.2 Å². The van der Waals surface area contributed by atoms with E-state index >= 15 is 0 Å². The van der Waals surface area contributed by atoms with Crippen LogP contribution < -0.4 is 13.7 Å². The molecule has 0 bridgehead atoms. The zero-order valence-electron chi connectivity index (χ0n) is 36.7. The first-order valence-corrected chi connectivity index (χ1v) is 21.1. The average Bonchev–Trinajstić information content (AvgIpc) is 3.90. The summed E-state index contributed by atoms with van der Waals surface area (Å²) in [6.07, 6.45) is -4.31. The Morgan fingerprint density at radius 3 is 1.62 bits per heavy atom. The maximum absolute atomic E-state index is 12.7. The quantitative estimate of drug-likeness (QED) is 0.162. The number of imidazole rings is 3. The van der Waals surface area contributed by atoms with E-state index in [1.165, 1.54) is 73.4 Å². The summed E-state index contributed by atoms with van der Waals surface area (Å²) in [6, 6.07) is 54.4. The number of aromatic amines is 2. The lowest BCUT2D eigenvalue weighted by Gasteiger charge is -2.09. The van der Waals surface area contributed by atoms with Gasteiger partial charge in [0.05, 0.1) is 43.4 Å². The van der Waals surface area contributed by atoms with Crippen LogP contribution in [0.2, 0.25) is 0 Å². The summed E-state index contributed by atoms with van der Waals surface area (Å²) in [6.45, 7) is 9.02. The van der Waals surface area contributed by atoms with Crippen molar-refractivity contribution in [3.05, 3.63) is 197 Å². The minimum absolute atomic E-state index is 0.590. The molecule has 0 radical (unpaired) electrons. The fourth-order valence-corrected chi connectivity index (χ4v) is 8.46. The predicted octanol–water partition coefficient (Wildman–Crippen LogP) is 11.8. The van der Waals surface area contributed by atoms with Gasteiger partial charge in [0.15, 0.2) is 33.1 Å². The van der Waals surface area contributed by atoms with Gasteiger partial charge >= 0.3 is 6.18 Å². The van der Waals surface area contributed by atoms with Crippen LogP contribution in [0.3, 0.4) is 0 Å². The molecule has 0 aliphatic carbocycles. The van der Waals surface area contributed by atoms with E-state index in [4.69, 9.17) is 0 Å². The van der Waals surface area contributed by atoms with Gasteiger partial charge < -0.3 is 0 Å². The molecule has 0 fully saturated rings. The number of fused-ring (bicyclic) bond motifs is 3. The van der Waals surface area contributed by atoms with Crippen molar-refractivity contribution in [1.82, 2.24) is 14.5 Å². The van der Waals surface area contributed by atoms with Gasteiger partial charge in [-0.15, -0.1) is 0 Å². The summed E-state index contributed by atoms with van der Waals surface area (Å²) in [5.74, 6) is 3.21. The van der Waals surface area contributed by atoms with E-state index in [1.54, 1.807) is 6.92 Å². The molecule has 63 heavy (non-hydrogen) atoms. The second-order valence-electron chi connectivity index (χ2n) is 16.2. The van der Waals surface area contributed by atoms with Gasteiger partial charge in [-0.05, 0) is 117 Å². The van der Waals surface area contributed by atoms with Crippen LogP contribution in [0.25, 0.3) is 67.3 Å². The highest BCUT2D eigenvalue weighted by molar-refractivity contribution is 5.78. The van der Waals surface area contributed by atoms with E-state index in [9.17, 15) is 13.2 Å². The highest BCUT2D eigenvalue weighted by atomic mass is 19.4. The largest absolute Gasteiger partial charge is 0.416 e. The molecule has 2 N–H and O–H groups in total. The second-order valence-corrected chi connectivity index (χ2v) is 16.2. The zero-order chi connectivity index (χ0) is 44.4. The maximum Gasteiger partial charge on any atom is 0.416 e. The van der Waals surface area contributed by atoms with Gasteiger partial charge in [-0.3, -0.25) is 0 Å². The van der Waals surface area contributed by atoms with Crippen molar-refractivity contribution in [2.75, 3.05) is 0 Å². The summed E-state index contributed by atoms with van der Waals surface area (Å²) in [4.78, 5) is 6.77. The van der Waals surface area contributed by atoms with E-state index in [1.807, 2.05) is 35.9 Å². The molecule has 0 spiro atoms. The Hall–Kier alpha value is -7.26. The van der Waals surface area contributed by atoms with Crippen molar-refractivity contribution in [1.29, 1.82) is 0 Å². The van der Waals surface area contributed by atoms with Gasteiger partial charge in [0.2, 0.25) is 0 Å². The van der Waals surface area contributed by atoms with Gasteiger partial charge in [0, 0.05) is 0 Å². The number of hydrogen-bond donors (Lipinski definition) is 2. The number of rotatable bonds is 5. The summed E-state index contributed by atoms with van der Waals surface area (Å²) in [7, 11) is 6.16. The molecular weight excluding hydrogens is 790 g/mol. The van der Waals surface area contributed by atoms with Gasteiger partial charge in [0.1, 0.15) is 6.54 Å². The van der Waals surface area contributed by atoms with Crippen molar-refractivity contribution in [3.63, 3.8) is 0 Å². The van der Waals surface area contributed by atoms with Gasteiger partial charge in [0.25, 0.3) is 17.5 Å². The van der Waals surface area contributed by atoms with Crippen LogP contribution in [-0.2, 0) is 33.9 Å². The van der Waals surface area contributed by atoms with Crippen LogP contribution in [0.1, 0.15) is 33.4 Å². The first-order valence-electron chi connectivity index (χ1n) is 21.1. The third-order valence-corrected chi connectivity index (χ3v) is 11.8. The SMILES string of the molecule is Cc1cc(C(F)(F)F)ccc1-c1[nH]c2ccccc2[n+]1C.Cc1ccc(C)c(-c2[nH]c3ccccc3[n+]2C)c1.Cc1ccccc1-c1n(Cc2ccccc2)c2ccccc2[n+]1C. The molecule has 3 heterocycles. The van der Waals surface area contributed by atoms with Crippen LogP contribution in [-0.4, -0.2) is 14.5 Å². The summed E-state index contributed by atoms with van der Waals surface area (Å²) >= 11 is 0. The summed E-state index contributed by atoms with van der Waals surface area (Å²) < 4.78 is 47.1. The van der Waals surface area contributed by atoms with Crippen LogP contribution in [0, 0.1) is 27.7 Å². The molecule has 9 heteroatoms. The number of hydrogen-bond acceptors (Lipinski definition) is 0. The minimum atomic E-state index is -4.31. The number of nitrogens with one attached hydrogen (secondary N) is 2. The van der Waals surface area contributed by atoms with Crippen molar-refractivity contribution in [2.24, 2.45) is 21.1 Å². The Balaban J connectivity index is 0.000000131. The fourth-order valence-electron chi connectivity index (χ4n) is 8.46. The number of aromatic nitrogens is 6. The Morgan fingerprint density at radius 2 is 1.02 bits per heavy atom. The van der Waals surface area contributed by atoms with E-state index in [2.05, 4.69) is 180 Å². The van der Waals surface area contributed by atoms with Gasteiger partial charge in [-0.25, -0.2) is 28.2 Å². The van der Waals surface area contributed by atoms with Crippen molar-refractivity contribution >= 4 is 33.1 Å². The molecule has 10 aromatic rings. The van der Waals surface area contributed by atoms with Crippen LogP contribution >= 0.6 is 0 Å². The average molecular weight is 842 g/mol. The number of halogens is 3. The Labute approximate surface area is 366 Å². The molecule has 0 aliphatic rings. The predicted molar refractivity (Wildman–Crippen MR) is 248 cm³/mol. The van der Waals surface area contributed by atoms with E-state index in [-0.39, 0.29) is 0 Å². The van der Waals surface area contributed by atoms with Crippen LogP contribution in [0.15, 0.2) is 164 Å². The molecule has 6 nitrogen and oxygen atoms in total. The maximum atomic E-state index is 12.7. The first-order chi connectivity index (χ1) is 30.3. The summed E-state index contributed by atoms with van der Waals surface area (Å²) in [5.41, 5.74) is 15.4. The number of benzene rings is 7. The molecule has 0 saturated heterocycles. The molecular formula is C54H52F3N6+3. The first kappa shape index (κ1) is 42.4. The molecule has 10 rings (SSSR count). The molecule has 0 aliphatic heterocycles. The van der Waals surface area contributed by atoms with E-state index in [0.717, 1.165) is 40.9 Å². The molecule has 0 atom stereocenters. The topological polar surface area (TPSA) is 48.1 Å². The van der Waals surface area contributed by atoms with Crippen molar-refractivity contribution < 1.29 is 26.9 Å². The Bertz CT molecular complexity index is 3230. The molecule has 7 aromatic carbocycles. The van der Waals surface area contributed by atoms with Crippen LogP contribution in [0.4, 0.5) is 13.2 Å². The van der Waals surface area contributed by atoms with Crippen molar-refractivity contribution in [3.8, 4) is 34.2 Å². The Kier molecular flexibility index (Phi) is 11.9. The Morgan fingerprint density at radius 1 is 0.476 bits per heavy atom. The zero-order valence-corrected chi connectivity index (χ0v) is 36.7. The third kappa shape index (κ3) is 8.64.